The van der Waals surface area contributed by atoms with E-state index >= 15 is 0 Å². The molecule has 1 unspecified atom stereocenters. The third-order valence-corrected chi connectivity index (χ3v) is 5.95. The average Bonchev–Trinajstić information content (AvgIpc) is 3.08. The minimum atomic E-state index is -4.91. The molecule has 1 aromatic heterocycles. The maximum atomic E-state index is 12.7. The molecule has 1 aliphatic rings. The van der Waals surface area contributed by atoms with Gasteiger partial charge in [0.25, 0.3) is 5.69 Å². The molecule has 0 aliphatic carbocycles. The highest BCUT2D eigenvalue weighted by molar-refractivity contribution is 7.91. The van der Waals surface area contributed by atoms with E-state index in [1.54, 1.807) is 10.9 Å². The van der Waals surface area contributed by atoms with Crippen LogP contribution in [0.15, 0.2) is 35.5 Å². The fourth-order valence-corrected chi connectivity index (χ4v) is 3.92. The molecule has 152 valence electrons. The molecule has 0 spiro atoms. The predicted octanol–water partition coefficient (Wildman–Crippen LogP) is 2.41. The van der Waals surface area contributed by atoms with Gasteiger partial charge in [0.2, 0.25) is 9.84 Å². The summed E-state index contributed by atoms with van der Waals surface area (Å²) in [5.74, 6) is -3.64. The van der Waals surface area contributed by atoms with Crippen molar-refractivity contribution in [3.8, 4) is 0 Å². The number of alkyl halides is 2. The molecule has 1 aromatic carbocycles. The number of piperidine rings is 1. The number of nitro benzene ring substituents is 1. The van der Waals surface area contributed by atoms with Crippen molar-refractivity contribution in [2.45, 2.75) is 29.5 Å². The lowest BCUT2D eigenvalue weighted by atomic mass is 10.0. The number of sulfone groups is 1. The van der Waals surface area contributed by atoms with Crippen molar-refractivity contribution in [1.82, 2.24) is 9.78 Å². The molecule has 0 amide bonds. The lowest BCUT2D eigenvalue weighted by molar-refractivity contribution is -0.384. The van der Waals surface area contributed by atoms with Gasteiger partial charge < -0.3 is 10.2 Å². The van der Waals surface area contributed by atoms with Gasteiger partial charge in [-0.3, -0.25) is 14.8 Å². The quantitative estimate of drug-likeness (QED) is 0.570. The Labute approximate surface area is 160 Å². The van der Waals surface area contributed by atoms with Crippen LogP contribution in [0, 0.1) is 10.1 Å². The number of anilines is 2. The molecule has 9 nitrogen and oxygen atoms in total. The van der Waals surface area contributed by atoms with Gasteiger partial charge in [-0.1, -0.05) is 0 Å². The Bertz CT molecular complexity index is 979. The number of aromatic nitrogens is 2. The van der Waals surface area contributed by atoms with Crippen LogP contribution in [0.2, 0.25) is 0 Å². The molecule has 0 saturated carbocycles. The first-order valence-electron chi connectivity index (χ1n) is 8.49. The van der Waals surface area contributed by atoms with E-state index in [2.05, 4.69) is 15.3 Å². The number of aryl methyl sites for hydroxylation is 1. The second kappa shape index (κ2) is 7.70. The highest BCUT2D eigenvalue weighted by atomic mass is 32.2. The summed E-state index contributed by atoms with van der Waals surface area (Å²) >= 11 is 0. The van der Waals surface area contributed by atoms with Crippen molar-refractivity contribution in [3.05, 3.63) is 40.7 Å². The molecule has 1 saturated heterocycles. The molecule has 2 heterocycles. The van der Waals surface area contributed by atoms with Crippen LogP contribution in [0.25, 0.3) is 0 Å². The minimum Gasteiger partial charge on any atom is -0.375 e. The van der Waals surface area contributed by atoms with Crippen LogP contribution in [-0.2, 0) is 16.9 Å². The van der Waals surface area contributed by atoms with Crippen molar-refractivity contribution in [2.75, 3.05) is 23.3 Å². The third kappa shape index (κ3) is 4.06. The van der Waals surface area contributed by atoms with Crippen molar-refractivity contribution in [2.24, 2.45) is 7.05 Å². The summed E-state index contributed by atoms with van der Waals surface area (Å²) in [5.41, 5.74) is 0.471. The molecule has 1 fully saturated rings. The number of rotatable bonds is 6. The van der Waals surface area contributed by atoms with E-state index in [1.807, 2.05) is 13.2 Å². The van der Waals surface area contributed by atoms with Crippen LogP contribution >= 0.6 is 0 Å². The summed E-state index contributed by atoms with van der Waals surface area (Å²) in [7, 11) is -3.10. The molecule has 12 heteroatoms. The predicted molar refractivity (Wildman–Crippen MR) is 98.4 cm³/mol. The second-order valence-electron chi connectivity index (χ2n) is 6.54. The standard InChI is InChI=1S/C16H19F2N5O4S/c1-21-10-12(8-19-21)22-6-2-3-11(9-22)20-14-5-4-13(7-15(14)23(24)25)28(26,27)16(17)18/h4-5,7-8,10-11,16,20H,2-3,6,9H2,1H3. The van der Waals surface area contributed by atoms with Crippen molar-refractivity contribution < 1.29 is 22.1 Å². The number of hydrogen-bond donors (Lipinski definition) is 1. The number of halogens is 2. The SMILES string of the molecule is Cn1cc(N2CCCC(Nc3ccc(S(=O)(=O)C(F)F)cc3[N+](=O)[O-])C2)cn1. The van der Waals surface area contributed by atoms with E-state index in [1.165, 1.54) is 0 Å². The van der Waals surface area contributed by atoms with Gasteiger partial charge in [0, 0.05) is 38.4 Å². The topological polar surface area (TPSA) is 110 Å². The lowest BCUT2D eigenvalue weighted by Gasteiger charge is -2.34. The summed E-state index contributed by atoms with van der Waals surface area (Å²) in [6, 6.07) is 2.66. The fourth-order valence-electron chi connectivity index (χ4n) is 3.19. The van der Waals surface area contributed by atoms with Gasteiger partial charge in [-0.2, -0.15) is 13.9 Å². The zero-order chi connectivity index (χ0) is 20.5. The molecular formula is C16H19F2N5O4S. The molecule has 1 aliphatic heterocycles. The molecule has 0 radical (unpaired) electrons. The Kier molecular flexibility index (Phi) is 5.49. The van der Waals surface area contributed by atoms with E-state index in [9.17, 15) is 27.3 Å². The van der Waals surface area contributed by atoms with Crippen molar-refractivity contribution in [1.29, 1.82) is 0 Å². The van der Waals surface area contributed by atoms with Gasteiger partial charge in [-0.15, -0.1) is 0 Å². The first-order chi connectivity index (χ1) is 13.2. The van der Waals surface area contributed by atoms with Crippen LogP contribution in [0.1, 0.15) is 12.8 Å². The molecule has 1 atom stereocenters. The van der Waals surface area contributed by atoms with Crippen molar-refractivity contribution in [3.63, 3.8) is 0 Å². The normalized spacial score (nSPS) is 17.7. The molecular weight excluding hydrogens is 396 g/mol. The third-order valence-electron chi connectivity index (χ3n) is 4.57. The number of hydrogen-bond acceptors (Lipinski definition) is 7. The van der Waals surface area contributed by atoms with Gasteiger partial charge in [0.1, 0.15) is 5.69 Å². The Balaban J connectivity index is 1.82. The average molecular weight is 415 g/mol. The molecule has 28 heavy (non-hydrogen) atoms. The van der Waals surface area contributed by atoms with Crippen LogP contribution in [-0.4, -0.2) is 48.0 Å². The van der Waals surface area contributed by atoms with E-state index in [0.29, 0.717) is 12.6 Å². The van der Waals surface area contributed by atoms with Crippen LogP contribution in [0.5, 0.6) is 0 Å². The molecule has 2 aromatic rings. The number of benzene rings is 1. The zero-order valence-corrected chi connectivity index (χ0v) is 15.8. The summed E-state index contributed by atoms with van der Waals surface area (Å²) in [4.78, 5) is 11.9. The van der Waals surface area contributed by atoms with Gasteiger partial charge in [-0.25, -0.2) is 8.42 Å². The lowest BCUT2D eigenvalue weighted by Crippen LogP contribution is -2.42. The summed E-state index contributed by atoms with van der Waals surface area (Å²) in [6.07, 6.45) is 5.20. The zero-order valence-electron chi connectivity index (χ0n) is 15.0. The van der Waals surface area contributed by atoms with E-state index in [4.69, 9.17) is 0 Å². The van der Waals surface area contributed by atoms with Crippen molar-refractivity contribution >= 4 is 26.9 Å². The molecule has 3 rings (SSSR count). The van der Waals surface area contributed by atoms with Gasteiger partial charge in [0.05, 0.1) is 21.7 Å². The highest BCUT2D eigenvalue weighted by Gasteiger charge is 2.30. The van der Waals surface area contributed by atoms with Gasteiger partial charge >= 0.3 is 5.76 Å². The van der Waals surface area contributed by atoms with Crippen LogP contribution in [0.4, 0.5) is 25.8 Å². The Morgan fingerprint density at radius 3 is 2.75 bits per heavy atom. The Morgan fingerprint density at radius 2 is 2.14 bits per heavy atom. The fraction of sp³-hybridized carbons (Fsp3) is 0.438. The second-order valence-corrected chi connectivity index (χ2v) is 8.46. The summed E-state index contributed by atoms with van der Waals surface area (Å²) in [6.45, 7) is 1.39. The first-order valence-corrected chi connectivity index (χ1v) is 10.0. The minimum absolute atomic E-state index is 0.0938. The van der Waals surface area contributed by atoms with E-state index in [0.717, 1.165) is 37.2 Å². The van der Waals surface area contributed by atoms with Crippen LogP contribution < -0.4 is 10.2 Å². The maximum Gasteiger partial charge on any atom is 0.341 e. The highest BCUT2D eigenvalue weighted by Crippen LogP contribution is 2.31. The van der Waals surface area contributed by atoms with Gasteiger partial charge in [0.15, 0.2) is 0 Å². The Morgan fingerprint density at radius 1 is 1.39 bits per heavy atom. The number of nitro groups is 1. The Hall–Kier alpha value is -2.76. The smallest absolute Gasteiger partial charge is 0.341 e. The van der Waals surface area contributed by atoms with E-state index < -0.39 is 31.1 Å². The largest absolute Gasteiger partial charge is 0.375 e. The monoisotopic (exact) mass is 415 g/mol. The summed E-state index contributed by atoms with van der Waals surface area (Å²) in [5, 5.41) is 18.5. The van der Waals surface area contributed by atoms with E-state index in [-0.39, 0.29) is 11.7 Å². The first kappa shape index (κ1) is 20.0. The molecule has 1 N–H and O–H groups in total. The maximum absolute atomic E-state index is 12.7. The van der Waals surface area contributed by atoms with Crippen LogP contribution in [0.3, 0.4) is 0 Å². The number of nitrogens with zero attached hydrogens (tertiary/aromatic N) is 4. The molecule has 0 bridgehead atoms. The number of nitrogens with one attached hydrogen (secondary N) is 1. The summed E-state index contributed by atoms with van der Waals surface area (Å²) < 4.78 is 50.3. The van der Waals surface area contributed by atoms with Gasteiger partial charge in [-0.05, 0) is 25.0 Å².